The number of nitrogens with zero attached hydrogens (tertiary/aromatic N) is 3. The van der Waals surface area contributed by atoms with Crippen molar-refractivity contribution in [2.75, 3.05) is 13.1 Å². The van der Waals surface area contributed by atoms with Gasteiger partial charge in [-0.25, -0.2) is 8.42 Å². The zero-order valence-corrected chi connectivity index (χ0v) is 15.5. The first-order valence-corrected chi connectivity index (χ1v) is 9.62. The van der Waals surface area contributed by atoms with Crippen LogP contribution in [-0.2, 0) is 21.4 Å². The highest BCUT2D eigenvalue weighted by atomic mass is 32.2. The molecule has 1 N–H and O–H groups in total. The average Bonchev–Trinajstić information content (AvgIpc) is 3.02. The van der Waals surface area contributed by atoms with Gasteiger partial charge in [-0.15, -0.1) is 0 Å². The summed E-state index contributed by atoms with van der Waals surface area (Å²) in [5, 5.41) is 6.84. The molecule has 136 valence electrons. The standard InChI is InChI=1S/C17H24N4O3S/c1-4-21(13-17(22)19-14(2)3)25(23,24)16-10-18-20(12-16)11-15-8-6-5-7-9-15/h5-10,12,14H,4,11,13H2,1-3H3,(H,19,22). The van der Waals surface area contributed by atoms with E-state index in [9.17, 15) is 13.2 Å². The number of aromatic nitrogens is 2. The molecule has 0 atom stereocenters. The largest absolute Gasteiger partial charge is 0.353 e. The molecular weight excluding hydrogens is 340 g/mol. The van der Waals surface area contributed by atoms with Crippen LogP contribution >= 0.6 is 0 Å². The Morgan fingerprint density at radius 2 is 1.96 bits per heavy atom. The molecule has 0 unspecified atom stereocenters. The van der Waals surface area contributed by atoms with Crippen LogP contribution in [0.2, 0.25) is 0 Å². The van der Waals surface area contributed by atoms with Crippen molar-refractivity contribution in [1.29, 1.82) is 0 Å². The van der Waals surface area contributed by atoms with E-state index in [1.165, 1.54) is 12.4 Å². The van der Waals surface area contributed by atoms with Crippen LogP contribution in [0.5, 0.6) is 0 Å². The number of carbonyl (C=O) groups is 1. The topological polar surface area (TPSA) is 84.3 Å². The molecule has 0 fully saturated rings. The van der Waals surface area contributed by atoms with Crippen molar-refractivity contribution in [1.82, 2.24) is 19.4 Å². The molecule has 1 heterocycles. The number of hydrogen-bond acceptors (Lipinski definition) is 4. The molecule has 0 saturated carbocycles. The molecule has 1 aromatic heterocycles. The van der Waals surface area contributed by atoms with Crippen LogP contribution in [-0.4, -0.2) is 47.5 Å². The number of rotatable bonds is 8. The van der Waals surface area contributed by atoms with Gasteiger partial charge < -0.3 is 5.32 Å². The quantitative estimate of drug-likeness (QED) is 0.769. The van der Waals surface area contributed by atoms with Crippen LogP contribution < -0.4 is 5.32 Å². The zero-order valence-electron chi connectivity index (χ0n) is 14.7. The minimum Gasteiger partial charge on any atom is -0.353 e. The molecular formula is C17H24N4O3S. The molecule has 2 rings (SSSR count). The van der Waals surface area contributed by atoms with E-state index in [0.29, 0.717) is 6.54 Å². The first-order valence-electron chi connectivity index (χ1n) is 8.18. The van der Waals surface area contributed by atoms with E-state index in [-0.39, 0.29) is 29.9 Å². The van der Waals surface area contributed by atoms with Crippen LogP contribution in [0.4, 0.5) is 0 Å². The van der Waals surface area contributed by atoms with Crippen molar-refractivity contribution >= 4 is 15.9 Å². The van der Waals surface area contributed by atoms with Gasteiger partial charge in [-0.05, 0) is 19.4 Å². The van der Waals surface area contributed by atoms with Crippen LogP contribution in [0.25, 0.3) is 0 Å². The monoisotopic (exact) mass is 364 g/mol. The van der Waals surface area contributed by atoms with Gasteiger partial charge in [0.2, 0.25) is 15.9 Å². The second kappa shape index (κ2) is 8.26. The number of likely N-dealkylation sites (N-methyl/N-ethyl adjacent to an activating group) is 1. The molecule has 0 spiro atoms. The maximum absolute atomic E-state index is 12.7. The molecule has 8 heteroatoms. The SMILES string of the molecule is CCN(CC(=O)NC(C)C)S(=O)(=O)c1cnn(Cc2ccccc2)c1. The number of carbonyl (C=O) groups excluding carboxylic acids is 1. The van der Waals surface area contributed by atoms with Gasteiger partial charge in [0.25, 0.3) is 0 Å². The summed E-state index contributed by atoms with van der Waals surface area (Å²) in [6, 6.07) is 9.62. The van der Waals surface area contributed by atoms with Gasteiger partial charge in [-0.1, -0.05) is 37.3 Å². The third-order valence-electron chi connectivity index (χ3n) is 3.56. The smallest absolute Gasteiger partial charge is 0.246 e. The fraction of sp³-hybridized carbons (Fsp3) is 0.412. The van der Waals surface area contributed by atoms with Gasteiger partial charge in [-0.3, -0.25) is 9.48 Å². The molecule has 0 aliphatic heterocycles. The molecule has 25 heavy (non-hydrogen) atoms. The van der Waals surface area contributed by atoms with Crippen molar-refractivity contribution in [2.45, 2.75) is 38.3 Å². The van der Waals surface area contributed by atoms with E-state index in [2.05, 4.69) is 10.4 Å². The highest BCUT2D eigenvalue weighted by molar-refractivity contribution is 7.89. The van der Waals surface area contributed by atoms with Gasteiger partial charge >= 0.3 is 0 Å². The Bertz CT molecular complexity index is 800. The van der Waals surface area contributed by atoms with E-state index in [0.717, 1.165) is 9.87 Å². The lowest BCUT2D eigenvalue weighted by molar-refractivity contribution is -0.121. The Morgan fingerprint density at radius 3 is 2.56 bits per heavy atom. The highest BCUT2D eigenvalue weighted by Crippen LogP contribution is 2.15. The van der Waals surface area contributed by atoms with Gasteiger partial charge in [0.15, 0.2) is 0 Å². The molecule has 0 aliphatic rings. The molecule has 0 saturated heterocycles. The lowest BCUT2D eigenvalue weighted by Gasteiger charge is -2.19. The second-order valence-electron chi connectivity index (χ2n) is 6.01. The zero-order chi connectivity index (χ0) is 18.4. The van der Waals surface area contributed by atoms with Crippen molar-refractivity contribution in [3.8, 4) is 0 Å². The fourth-order valence-electron chi connectivity index (χ4n) is 2.38. The van der Waals surface area contributed by atoms with Gasteiger partial charge in [0.05, 0.1) is 19.3 Å². The van der Waals surface area contributed by atoms with Crippen LogP contribution in [0.1, 0.15) is 26.3 Å². The summed E-state index contributed by atoms with van der Waals surface area (Å²) in [5.74, 6) is -0.322. The van der Waals surface area contributed by atoms with Gasteiger partial charge in [0.1, 0.15) is 4.90 Å². The normalized spacial score (nSPS) is 11.9. The number of nitrogens with one attached hydrogen (secondary N) is 1. The first kappa shape index (κ1) is 19.1. The summed E-state index contributed by atoms with van der Waals surface area (Å²) in [7, 11) is -3.76. The van der Waals surface area contributed by atoms with Crippen LogP contribution in [0, 0.1) is 0 Å². The Hall–Kier alpha value is -2.19. The summed E-state index contributed by atoms with van der Waals surface area (Å²) < 4.78 is 28.2. The third-order valence-corrected chi connectivity index (χ3v) is 5.43. The molecule has 1 amide bonds. The summed E-state index contributed by atoms with van der Waals surface area (Å²) in [5.41, 5.74) is 1.03. The first-order chi connectivity index (χ1) is 11.8. The Labute approximate surface area is 148 Å². The summed E-state index contributed by atoms with van der Waals surface area (Å²) in [6.45, 7) is 5.84. The van der Waals surface area contributed by atoms with E-state index < -0.39 is 10.0 Å². The van der Waals surface area contributed by atoms with Crippen LogP contribution in [0.3, 0.4) is 0 Å². The molecule has 0 bridgehead atoms. The number of sulfonamides is 1. The Balaban J connectivity index is 2.13. The van der Waals surface area contributed by atoms with Crippen molar-refractivity contribution in [3.05, 3.63) is 48.3 Å². The molecule has 0 radical (unpaired) electrons. The maximum Gasteiger partial charge on any atom is 0.246 e. The summed E-state index contributed by atoms with van der Waals surface area (Å²) >= 11 is 0. The third kappa shape index (κ3) is 5.14. The predicted molar refractivity (Wildman–Crippen MR) is 95.5 cm³/mol. The molecule has 2 aromatic rings. The number of benzene rings is 1. The predicted octanol–water partition coefficient (Wildman–Crippen LogP) is 1.47. The fourth-order valence-corrected chi connectivity index (χ4v) is 3.74. The minimum absolute atomic E-state index is 0.0393. The number of hydrogen-bond donors (Lipinski definition) is 1. The second-order valence-corrected chi connectivity index (χ2v) is 7.95. The molecule has 0 aliphatic carbocycles. The minimum atomic E-state index is -3.76. The maximum atomic E-state index is 12.7. The highest BCUT2D eigenvalue weighted by Gasteiger charge is 2.26. The molecule has 1 aromatic carbocycles. The summed E-state index contributed by atoms with van der Waals surface area (Å²) in [4.78, 5) is 12.0. The van der Waals surface area contributed by atoms with Crippen molar-refractivity contribution in [2.24, 2.45) is 0 Å². The molecule has 7 nitrogen and oxygen atoms in total. The lowest BCUT2D eigenvalue weighted by Crippen LogP contribution is -2.42. The van der Waals surface area contributed by atoms with E-state index in [1.807, 2.05) is 44.2 Å². The lowest BCUT2D eigenvalue weighted by atomic mass is 10.2. The Morgan fingerprint density at radius 1 is 1.28 bits per heavy atom. The van der Waals surface area contributed by atoms with E-state index >= 15 is 0 Å². The van der Waals surface area contributed by atoms with E-state index in [1.54, 1.807) is 11.6 Å². The van der Waals surface area contributed by atoms with E-state index in [4.69, 9.17) is 0 Å². The van der Waals surface area contributed by atoms with Gasteiger partial charge in [-0.2, -0.15) is 9.40 Å². The summed E-state index contributed by atoms with van der Waals surface area (Å²) in [6.07, 6.45) is 2.81. The van der Waals surface area contributed by atoms with Crippen LogP contribution in [0.15, 0.2) is 47.6 Å². The van der Waals surface area contributed by atoms with Crippen molar-refractivity contribution in [3.63, 3.8) is 0 Å². The van der Waals surface area contributed by atoms with Gasteiger partial charge in [0, 0.05) is 18.8 Å². The Kier molecular flexibility index (Phi) is 6.33. The average molecular weight is 364 g/mol. The number of amides is 1. The van der Waals surface area contributed by atoms with Crippen molar-refractivity contribution < 1.29 is 13.2 Å².